The second-order valence-electron chi connectivity index (χ2n) is 4.29. The normalized spacial score (nSPS) is 10.4. The second-order valence-corrected chi connectivity index (χ2v) is 5.54. The van der Waals surface area contributed by atoms with Crippen molar-refractivity contribution >= 4 is 23.0 Å². The van der Waals surface area contributed by atoms with Crippen molar-refractivity contribution in [1.29, 1.82) is 0 Å². The van der Waals surface area contributed by atoms with Crippen molar-refractivity contribution in [3.8, 4) is 5.75 Å². The first-order chi connectivity index (χ1) is 9.04. The van der Waals surface area contributed by atoms with Crippen LogP contribution in [0.5, 0.6) is 5.75 Å². The van der Waals surface area contributed by atoms with Crippen molar-refractivity contribution in [2.45, 2.75) is 19.9 Å². The van der Waals surface area contributed by atoms with Gasteiger partial charge in [-0.15, -0.1) is 11.3 Å². The van der Waals surface area contributed by atoms with Gasteiger partial charge in [0.05, 0.1) is 6.42 Å². The van der Waals surface area contributed by atoms with Crippen LogP contribution in [0.25, 0.3) is 0 Å². The van der Waals surface area contributed by atoms with Gasteiger partial charge in [0.25, 0.3) is 0 Å². The molecule has 4 nitrogen and oxygen atoms in total. The number of benzene rings is 1. The number of aromatic hydroxyl groups is 1. The van der Waals surface area contributed by atoms with Crippen LogP contribution in [0.4, 0.5) is 5.69 Å². The molecular weight excluding hydrogens is 262 g/mol. The van der Waals surface area contributed by atoms with Gasteiger partial charge in [-0.3, -0.25) is 4.79 Å². The molecule has 0 aliphatic heterocycles. The molecule has 5 heteroatoms. The number of phenols is 1. The zero-order valence-electron chi connectivity index (χ0n) is 10.5. The SMILES string of the molecule is Cc1cc(O)ccc1NCc1ccc(CC(=O)O)s1. The summed E-state index contributed by atoms with van der Waals surface area (Å²) in [6, 6.07) is 8.95. The van der Waals surface area contributed by atoms with Crippen molar-refractivity contribution in [2.24, 2.45) is 0 Å². The summed E-state index contributed by atoms with van der Waals surface area (Å²) in [5, 5.41) is 21.3. The number of phenolic OH excluding ortho intramolecular Hbond substituents is 1. The molecule has 0 aliphatic rings. The van der Waals surface area contributed by atoms with Crippen LogP contribution < -0.4 is 5.32 Å². The minimum atomic E-state index is -0.810. The van der Waals surface area contributed by atoms with E-state index in [2.05, 4.69) is 5.32 Å². The van der Waals surface area contributed by atoms with Gasteiger partial charge in [-0.05, 0) is 42.8 Å². The standard InChI is InChI=1S/C14H15NO3S/c1-9-6-10(16)2-5-13(9)15-8-12-4-3-11(19-12)7-14(17)18/h2-6,15-16H,7-8H2,1H3,(H,17,18). The number of carbonyl (C=O) groups is 1. The average Bonchev–Trinajstić information content (AvgIpc) is 2.74. The van der Waals surface area contributed by atoms with Gasteiger partial charge in [0, 0.05) is 22.0 Å². The first kappa shape index (κ1) is 13.4. The van der Waals surface area contributed by atoms with E-state index in [0.717, 1.165) is 21.0 Å². The minimum absolute atomic E-state index is 0.0723. The van der Waals surface area contributed by atoms with E-state index in [1.165, 1.54) is 11.3 Å². The highest BCUT2D eigenvalue weighted by Gasteiger charge is 2.05. The second kappa shape index (κ2) is 5.75. The zero-order chi connectivity index (χ0) is 13.8. The minimum Gasteiger partial charge on any atom is -0.508 e. The third kappa shape index (κ3) is 3.72. The zero-order valence-corrected chi connectivity index (χ0v) is 11.3. The molecule has 2 rings (SSSR count). The molecule has 0 saturated heterocycles. The number of rotatable bonds is 5. The largest absolute Gasteiger partial charge is 0.508 e. The lowest BCUT2D eigenvalue weighted by molar-refractivity contribution is -0.136. The van der Waals surface area contributed by atoms with Gasteiger partial charge in [-0.2, -0.15) is 0 Å². The van der Waals surface area contributed by atoms with Crippen molar-refractivity contribution < 1.29 is 15.0 Å². The Morgan fingerprint density at radius 1 is 1.26 bits per heavy atom. The van der Waals surface area contributed by atoms with Gasteiger partial charge in [-0.1, -0.05) is 0 Å². The Bertz CT molecular complexity index is 592. The van der Waals surface area contributed by atoms with E-state index in [-0.39, 0.29) is 12.2 Å². The van der Waals surface area contributed by atoms with Gasteiger partial charge in [0.15, 0.2) is 0 Å². The van der Waals surface area contributed by atoms with E-state index >= 15 is 0 Å². The Balaban J connectivity index is 1.98. The van der Waals surface area contributed by atoms with Crippen LogP contribution >= 0.6 is 11.3 Å². The Kier molecular flexibility index (Phi) is 4.06. The topological polar surface area (TPSA) is 69.6 Å². The molecular formula is C14H15NO3S. The number of nitrogens with one attached hydrogen (secondary N) is 1. The summed E-state index contributed by atoms with van der Waals surface area (Å²) < 4.78 is 0. The first-order valence-electron chi connectivity index (χ1n) is 5.87. The number of hydrogen-bond donors (Lipinski definition) is 3. The lowest BCUT2D eigenvalue weighted by Crippen LogP contribution is -1.99. The Morgan fingerprint density at radius 2 is 2.00 bits per heavy atom. The molecule has 0 amide bonds. The molecule has 0 radical (unpaired) electrons. The summed E-state index contributed by atoms with van der Waals surface area (Å²) in [5.41, 5.74) is 1.94. The van der Waals surface area contributed by atoms with Crippen LogP contribution in [-0.4, -0.2) is 16.2 Å². The quantitative estimate of drug-likeness (QED) is 0.735. The predicted molar refractivity (Wildman–Crippen MR) is 75.8 cm³/mol. The number of anilines is 1. The molecule has 0 spiro atoms. The molecule has 3 N–H and O–H groups in total. The van der Waals surface area contributed by atoms with Gasteiger partial charge in [0.2, 0.25) is 0 Å². The van der Waals surface area contributed by atoms with E-state index in [1.807, 2.05) is 25.1 Å². The van der Waals surface area contributed by atoms with E-state index in [1.54, 1.807) is 12.1 Å². The Morgan fingerprint density at radius 3 is 2.68 bits per heavy atom. The van der Waals surface area contributed by atoms with Crippen LogP contribution in [0, 0.1) is 6.92 Å². The highest BCUT2D eigenvalue weighted by molar-refractivity contribution is 7.12. The van der Waals surface area contributed by atoms with Crippen LogP contribution in [0.2, 0.25) is 0 Å². The van der Waals surface area contributed by atoms with Crippen molar-refractivity contribution in [1.82, 2.24) is 0 Å². The first-order valence-corrected chi connectivity index (χ1v) is 6.69. The summed E-state index contributed by atoms with van der Waals surface area (Å²) in [5.74, 6) is -0.557. The third-order valence-electron chi connectivity index (χ3n) is 2.71. The molecule has 0 atom stereocenters. The molecule has 2 aromatic rings. The summed E-state index contributed by atoms with van der Waals surface area (Å²) in [6.45, 7) is 2.57. The summed E-state index contributed by atoms with van der Waals surface area (Å²) in [6.07, 6.45) is 0.0723. The number of carboxylic acids is 1. The van der Waals surface area contributed by atoms with Gasteiger partial charge < -0.3 is 15.5 Å². The van der Waals surface area contributed by atoms with Crippen LogP contribution in [0.1, 0.15) is 15.3 Å². The molecule has 0 fully saturated rings. The monoisotopic (exact) mass is 277 g/mol. The molecule has 0 unspecified atom stereocenters. The smallest absolute Gasteiger partial charge is 0.308 e. The maximum Gasteiger partial charge on any atom is 0.308 e. The molecule has 0 saturated carbocycles. The van der Waals surface area contributed by atoms with Crippen molar-refractivity contribution in [2.75, 3.05) is 5.32 Å². The molecule has 1 heterocycles. The van der Waals surface area contributed by atoms with Crippen LogP contribution in [-0.2, 0) is 17.8 Å². The van der Waals surface area contributed by atoms with E-state index in [0.29, 0.717) is 6.54 Å². The maximum absolute atomic E-state index is 10.6. The Hall–Kier alpha value is -2.01. The van der Waals surface area contributed by atoms with Gasteiger partial charge >= 0.3 is 5.97 Å². The molecule has 1 aromatic heterocycles. The third-order valence-corrected chi connectivity index (χ3v) is 3.79. The lowest BCUT2D eigenvalue weighted by atomic mass is 10.2. The van der Waals surface area contributed by atoms with Gasteiger partial charge in [0.1, 0.15) is 5.75 Å². The highest BCUT2D eigenvalue weighted by Crippen LogP contribution is 2.22. The number of aryl methyl sites for hydroxylation is 1. The van der Waals surface area contributed by atoms with Crippen molar-refractivity contribution in [3.05, 3.63) is 45.6 Å². The van der Waals surface area contributed by atoms with E-state index in [9.17, 15) is 9.90 Å². The maximum atomic E-state index is 10.6. The summed E-state index contributed by atoms with van der Waals surface area (Å²) in [4.78, 5) is 12.5. The highest BCUT2D eigenvalue weighted by atomic mass is 32.1. The fraction of sp³-hybridized carbons (Fsp3) is 0.214. The lowest BCUT2D eigenvalue weighted by Gasteiger charge is -2.08. The summed E-state index contributed by atoms with van der Waals surface area (Å²) in [7, 11) is 0. The number of carboxylic acid groups (broad SMARTS) is 1. The fourth-order valence-corrected chi connectivity index (χ4v) is 2.74. The molecule has 0 bridgehead atoms. The van der Waals surface area contributed by atoms with Crippen LogP contribution in [0.15, 0.2) is 30.3 Å². The Labute approximate surface area is 115 Å². The molecule has 0 aliphatic carbocycles. The summed E-state index contributed by atoms with van der Waals surface area (Å²) >= 11 is 1.50. The molecule has 100 valence electrons. The number of aliphatic carboxylic acids is 1. The van der Waals surface area contributed by atoms with Gasteiger partial charge in [-0.25, -0.2) is 0 Å². The predicted octanol–water partition coefficient (Wildman–Crippen LogP) is 3.00. The number of thiophene rings is 1. The number of hydrogen-bond acceptors (Lipinski definition) is 4. The average molecular weight is 277 g/mol. The van der Waals surface area contributed by atoms with Crippen molar-refractivity contribution in [3.63, 3.8) is 0 Å². The fourth-order valence-electron chi connectivity index (χ4n) is 1.79. The molecule has 1 aromatic carbocycles. The van der Waals surface area contributed by atoms with Crippen LogP contribution in [0.3, 0.4) is 0 Å². The molecule has 19 heavy (non-hydrogen) atoms. The van der Waals surface area contributed by atoms with E-state index < -0.39 is 5.97 Å². The van der Waals surface area contributed by atoms with E-state index in [4.69, 9.17) is 5.11 Å².